The van der Waals surface area contributed by atoms with Crippen LogP contribution in [0, 0.1) is 5.41 Å². The van der Waals surface area contributed by atoms with Gasteiger partial charge in [0.25, 0.3) is 0 Å². The quantitative estimate of drug-likeness (QED) is 0.731. The van der Waals surface area contributed by atoms with E-state index in [1.165, 1.54) is 0 Å². The first kappa shape index (κ1) is 9.45. The molecule has 0 aliphatic rings. The van der Waals surface area contributed by atoms with Gasteiger partial charge in [-0.15, -0.1) is 0 Å². The number of aromatic nitrogens is 1. The minimum atomic E-state index is -0.499. The van der Waals surface area contributed by atoms with Crippen molar-refractivity contribution in [3.63, 3.8) is 0 Å². The lowest BCUT2D eigenvalue weighted by molar-refractivity contribution is 0.393. The Morgan fingerprint density at radius 3 is 2.60 bits per heavy atom. The van der Waals surface area contributed by atoms with Crippen molar-refractivity contribution in [3.8, 4) is 11.3 Å². The summed E-state index contributed by atoms with van der Waals surface area (Å²) in [4.78, 5) is 11.3. The third kappa shape index (κ3) is 1.61. The predicted octanol–water partition coefficient (Wildman–Crippen LogP) is 2.02. The first-order valence-electron chi connectivity index (χ1n) is 4.52. The molecular weight excluding hydrogens is 192 g/mol. The monoisotopic (exact) mass is 202 g/mol. The Labute approximate surface area is 86.0 Å². The maximum atomic E-state index is 11.3. The highest BCUT2D eigenvalue weighted by atomic mass is 16.5. The fraction of sp³-hybridized carbons (Fsp3) is 0.0909. The zero-order valence-corrected chi connectivity index (χ0v) is 8.20. The van der Waals surface area contributed by atoms with Gasteiger partial charge in [0, 0.05) is 11.3 Å². The molecule has 1 heterocycles. The molecule has 0 saturated carbocycles. The molecule has 0 fully saturated rings. The summed E-state index contributed by atoms with van der Waals surface area (Å²) in [7, 11) is 0. The van der Waals surface area contributed by atoms with E-state index in [1.807, 2.05) is 30.3 Å². The zero-order chi connectivity index (χ0) is 10.8. The summed E-state index contributed by atoms with van der Waals surface area (Å²) in [6, 6.07) is 9.33. The standard InChI is InChI=1S/C11H10N2O2/c1-7(12)9-10(13-15-11(9)14)8-5-3-2-4-6-8/h2-6,12-13H,1H3. The lowest BCUT2D eigenvalue weighted by atomic mass is 10.1. The highest BCUT2D eigenvalue weighted by Crippen LogP contribution is 2.19. The highest BCUT2D eigenvalue weighted by Gasteiger charge is 2.14. The Kier molecular flexibility index (Phi) is 2.25. The number of rotatable bonds is 2. The zero-order valence-electron chi connectivity index (χ0n) is 8.20. The summed E-state index contributed by atoms with van der Waals surface area (Å²) in [6.07, 6.45) is 0. The summed E-state index contributed by atoms with van der Waals surface area (Å²) in [5.41, 5.74) is 1.39. The summed E-state index contributed by atoms with van der Waals surface area (Å²) in [6.45, 7) is 1.56. The molecule has 4 heteroatoms. The Bertz CT molecular complexity index is 537. The van der Waals surface area contributed by atoms with E-state index in [2.05, 4.69) is 9.68 Å². The second-order valence-corrected chi connectivity index (χ2v) is 3.23. The molecule has 0 bridgehead atoms. The van der Waals surface area contributed by atoms with Gasteiger partial charge in [-0.2, -0.15) is 0 Å². The number of aromatic amines is 1. The summed E-state index contributed by atoms with van der Waals surface area (Å²) in [5.74, 6) is 0. The second kappa shape index (κ2) is 3.57. The molecule has 76 valence electrons. The van der Waals surface area contributed by atoms with E-state index in [9.17, 15) is 4.79 Å². The maximum Gasteiger partial charge on any atom is 0.366 e. The fourth-order valence-corrected chi connectivity index (χ4v) is 1.45. The second-order valence-electron chi connectivity index (χ2n) is 3.23. The molecule has 0 spiro atoms. The van der Waals surface area contributed by atoms with Crippen molar-refractivity contribution < 1.29 is 4.52 Å². The highest BCUT2D eigenvalue weighted by molar-refractivity contribution is 6.01. The molecule has 0 aliphatic carbocycles. The van der Waals surface area contributed by atoms with E-state index in [1.54, 1.807) is 6.92 Å². The van der Waals surface area contributed by atoms with E-state index >= 15 is 0 Å². The van der Waals surface area contributed by atoms with Crippen molar-refractivity contribution in [2.75, 3.05) is 0 Å². The van der Waals surface area contributed by atoms with Gasteiger partial charge in [-0.05, 0) is 6.92 Å². The normalized spacial score (nSPS) is 10.2. The van der Waals surface area contributed by atoms with E-state index in [4.69, 9.17) is 5.41 Å². The Morgan fingerprint density at radius 2 is 2.00 bits per heavy atom. The molecular formula is C11H10N2O2. The molecule has 1 aromatic heterocycles. The van der Waals surface area contributed by atoms with Crippen LogP contribution in [0.5, 0.6) is 0 Å². The van der Waals surface area contributed by atoms with Gasteiger partial charge in [0.05, 0.1) is 5.69 Å². The Morgan fingerprint density at radius 1 is 1.33 bits per heavy atom. The average molecular weight is 202 g/mol. The van der Waals surface area contributed by atoms with Gasteiger partial charge >= 0.3 is 5.63 Å². The van der Waals surface area contributed by atoms with Crippen LogP contribution in [0.2, 0.25) is 0 Å². The SMILES string of the molecule is CC(=N)c1c(-c2ccccc2)[nH]oc1=O. The van der Waals surface area contributed by atoms with Crippen molar-refractivity contribution in [2.45, 2.75) is 6.92 Å². The molecule has 0 amide bonds. The topological polar surface area (TPSA) is 69.8 Å². The van der Waals surface area contributed by atoms with Crippen molar-refractivity contribution in [2.24, 2.45) is 0 Å². The molecule has 0 aliphatic heterocycles. The lowest BCUT2D eigenvalue weighted by Crippen LogP contribution is -2.07. The van der Waals surface area contributed by atoms with Gasteiger partial charge in [-0.25, -0.2) is 9.95 Å². The number of hydrogen-bond donors (Lipinski definition) is 2. The van der Waals surface area contributed by atoms with Gasteiger partial charge in [-0.3, -0.25) is 0 Å². The minimum absolute atomic E-state index is 0.198. The molecule has 0 unspecified atom stereocenters. The number of hydrogen-bond acceptors (Lipinski definition) is 3. The fourth-order valence-electron chi connectivity index (χ4n) is 1.45. The Hall–Kier alpha value is -2.10. The third-order valence-corrected chi connectivity index (χ3v) is 2.14. The molecule has 0 atom stereocenters. The number of nitrogens with one attached hydrogen (secondary N) is 2. The van der Waals surface area contributed by atoms with Gasteiger partial charge in [0.15, 0.2) is 0 Å². The summed E-state index contributed by atoms with van der Waals surface area (Å²) < 4.78 is 4.69. The molecule has 2 aromatic rings. The lowest BCUT2D eigenvalue weighted by Gasteiger charge is -1.98. The summed E-state index contributed by atoms with van der Waals surface area (Å²) in [5, 5.41) is 10.0. The molecule has 2 rings (SSSR count). The van der Waals surface area contributed by atoms with Crippen LogP contribution < -0.4 is 5.63 Å². The van der Waals surface area contributed by atoms with E-state index in [0.29, 0.717) is 11.3 Å². The molecule has 0 radical (unpaired) electrons. The van der Waals surface area contributed by atoms with Crippen molar-refractivity contribution in [3.05, 3.63) is 46.3 Å². The molecule has 1 aromatic carbocycles. The van der Waals surface area contributed by atoms with Crippen molar-refractivity contribution >= 4 is 5.71 Å². The summed E-state index contributed by atoms with van der Waals surface area (Å²) >= 11 is 0. The van der Waals surface area contributed by atoms with Crippen LogP contribution in [0.4, 0.5) is 0 Å². The van der Waals surface area contributed by atoms with Crippen LogP contribution in [0.3, 0.4) is 0 Å². The third-order valence-electron chi connectivity index (χ3n) is 2.14. The van der Waals surface area contributed by atoms with Gasteiger partial charge < -0.3 is 9.93 Å². The number of H-pyrrole nitrogens is 1. The van der Waals surface area contributed by atoms with Gasteiger partial charge in [0.2, 0.25) is 0 Å². The first-order valence-corrected chi connectivity index (χ1v) is 4.52. The minimum Gasteiger partial charge on any atom is -0.338 e. The molecule has 4 nitrogen and oxygen atoms in total. The van der Waals surface area contributed by atoms with Crippen LogP contribution in [-0.4, -0.2) is 10.9 Å². The van der Waals surface area contributed by atoms with Crippen LogP contribution in [0.1, 0.15) is 12.5 Å². The van der Waals surface area contributed by atoms with E-state index in [-0.39, 0.29) is 5.71 Å². The van der Waals surface area contributed by atoms with Crippen LogP contribution in [-0.2, 0) is 0 Å². The van der Waals surface area contributed by atoms with Crippen LogP contribution in [0.25, 0.3) is 11.3 Å². The molecule has 0 saturated heterocycles. The number of benzene rings is 1. The van der Waals surface area contributed by atoms with Crippen LogP contribution >= 0.6 is 0 Å². The maximum absolute atomic E-state index is 11.3. The van der Waals surface area contributed by atoms with E-state index in [0.717, 1.165) is 5.56 Å². The van der Waals surface area contributed by atoms with Crippen molar-refractivity contribution in [1.82, 2.24) is 5.16 Å². The van der Waals surface area contributed by atoms with Gasteiger partial charge in [-0.1, -0.05) is 30.3 Å². The average Bonchev–Trinajstić information content (AvgIpc) is 2.61. The first-order chi connectivity index (χ1) is 7.20. The smallest absolute Gasteiger partial charge is 0.338 e. The largest absolute Gasteiger partial charge is 0.366 e. The molecule has 15 heavy (non-hydrogen) atoms. The van der Waals surface area contributed by atoms with Crippen molar-refractivity contribution in [1.29, 1.82) is 5.41 Å². The van der Waals surface area contributed by atoms with E-state index < -0.39 is 5.63 Å². The Balaban J connectivity index is 2.65. The predicted molar refractivity (Wildman–Crippen MR) is 57.3 cm³/mol. The van der Waals surface area contributed by atoms with Gasteiger partial charge in [0.1, 0.15) is 5.56 Å². The van der Waals surface area contributed by atoms with Crippen LogP contribution in [0.15, 0.2) is 39.6 Å². The molecule has 2 N–H and O–H groups in total.